The molecule has 1 atom stereocenters. The highest BCUT2D eigenvalue weighted by atomic mass is 19.1. The first-order chi connectivity index (χ1) is 10.0. The van der Waals surface area contributed by atoms with Crippen LogP contribution in [0, 0.1) is 5.82 Å². The molecule has 1 aromatic carbocycles. The van der Waals surface area contributed by atoms with Gasteiger partial charge in [0.2, 0.25) is 0 Å². The van der Waals surface area contributed by atoms with E-state index in [1.165, 1.54) is 12.4 Å². The van der Waals surface area contributed by atoms with Crippen LogP contribution < -0.4 is 10.1 Å². The van der Waals surface area contributed by atoms with E-state index in [0.717, 1.165) is 5.56 Å². The van der Waals surface area contributed by atoms with Crippen molar-refractivity contribution in [2.75, 3.05) is 7.05 Å². The highest BCUT2D eigenvalue weighted by Gasteiger charge is 2.12. The summed E-state index contributed by atoms with van der Waals surface area (Å²) in [6.45, 7) is 6.18. The van der Waals surface area contributed by atoms with Gasteiger partial charge < -0.3 is 10.1 Å². The lowest BCUT2D eigenvalue weighted by Gasteiger charge is -2.13. The van der Waals surface area contributed by atoms with E-state index in [4.69, 9.17) is 4.74 Å². The summed E-state index contributed by atoms with van der Waals surface area (Å²) in [6, 6.07) is 5.28. The Morgan fingerprint density at radius 3 is 2.71 bits per heavy atom. The molecule has 0 bridgehead atoms. The molecule has 0 saturated heterocycles. The van der Waals surface area contributed by atoms with Gasteiger partial charge in [0.15, 0.2) is 17.4 Å². The van der Waals surface area contributed by atoms with Crippen molar-refractivity contribution in [3.63, 3.8) is 0 Å². The fourth-order valence-corrected chi connectivity index (χ4v) is 2.02. The molecular formula is C15H21FN4O. The summed E-state index contributed by atoms with van der Waals surface area (Å²) in [5, 5.41) is 7.20. The van der Waals surface area contributed by atoms with Crippen molar-refractivity contribution in [3.05, 3.63) is 41.7 Å². The number of nitrogens with one attached hydrogen (secondary N) is 1. The van der Waals surface area contributed by atoms with Gasteiger partial charge in [-0.1, -0.05) is 6.07 Å². The Labute approximate surface area is 124 Å². The normalized spacial score (nSPS) is 12.7. The van der Waals surface area contributed by atoms with E-state index in [1.54, 1.807) is 10.7 Å². The minimum absolute atomic E-state index is 0.0950. The van der Waals surface area contributed by atoms with E-state index >= 15 is 0 Å². The number of halogens is 1. The minimum atomic E-state index is -0.370. The monoisotopic (exact) mass is 292 g/mol. The van der Waals surface area contributed by atoms with Crippen LogP contribution in [0.25, 0.3) is 0 Å². The summed E-state index contributed by atoms with van der Waals surface area (Å²) in [7, 11) is 1.84. The molecule has 0 saturated carbocycles. The summed E-state index contributed by atoms with van der Waals surface area (Å²) in [5.41, 5.74) is 0.882. The first-order valence-corrected chi connectivity index (χ1v) is 7.00. The molecule has 2 aromatic rings. The van der Waals surface area contributed by atoms with E-state index in [-0.39, 0.29) is 30.3 Å². The summed E-state index contributed by atoms with van der Waals surface area (Å²) >= 11 is 0. The molecular weight excluding hydrogens is 271 g/mol. The average molecular weight is 292 g/mol. The lowest BCUT2D eigenvalue weighted by molar-refractivity contribution is 0.269. The molecule has 0 aliphatic carbocycles. The molecule has 0 aliphatic rings. The van der Waals surface area contributed by atoms with Crippen LogP contribution in [0.5, 0.6) is 5.75 Å². The predicted molar refractivity (Wildman–Crippen MR) is 78.6 cm³/mol. The molecule has 21 heavy (non-hydrogen) atoms. The third-order valence-corrected chi connectivity index (χ3v) is 3.38. The summed E-state index contributed by atoms with van der Waals surface area (Å²) in [6.07, 6.45) is 1.48. The predicted octanol–water partition coefficient (Wildman–Crippen LogP) is 2.86. The number of benzene rings is 1. The molecule has 0 aliphatic heterocycles. The molecule has 2 rings (SSSR count). The van der Waals surface area contributed by atoms with E-state index in [1.807, 2.05) is 33.9 Å². The first-order valence-electron chi connectivity index (χ1n) is 7.00. The Bertz CT molecular complexity index is 597. The molecule has 1 heterocycles. The molecule has 114 valence electrons. The fourth-order valence-electron chi connectivity index (χ4n) is 2.02. The number of hydrogen-bond donors (Lipinski definition) is 1. The lowest BCUT2D eigenvalue weighted by Crippen LogP contribution is -2.13. The van der Waals surface area contributed by atoms with Gasteiger partial charge in [0.05, 0.1) is 0 Å². The SMILES string of the molecule is CNC(C)c1ccc(OCc2ncnn2C(C)C)c(F)c1. The third kappa shape index (κ3) is 3.58. The zero-order valence-corrected chi connectivity index (χ0v) is 12.8. The quantitative estimate of drug-likeness (QED) is 0.889. The maximum Gasteiger partial charge on any atom is 0.165 e. The zero-order valence-electron chi connectivity index (χ0n) is 12.8. The molecule has 1 N–H and O–H groups in total. The first kappa shape index (κ1) is 15.4. The summed E-state index contributed by atoms with van der Waals surface area (Å²) in [5.74, 6) is 0.530. The van der Waals surface area contributed by atoms with Crippen LogP contribution >= 0.6 is 0 Å². The van der Waals surface area contributed by atoms with Crippen LogP contribution in [0.1, 0.15) is 44.2 Å². The van der Waals surface area contributed by atoms with Crippen LogP contribution in [0.2, 0.25) is 0 Å². The Morgan fingerprint density at radius 2 is 2.10 bits per heavy atom. The van der Waals surface area contributed by atoms with Crippen LogP contribution in [0.4, 0.5) is 4.39 Å². The van der Waals surface area contributed by atoms with Gasteiger partial charge in [0.1, 0.15) is 12.9 Å². The number of rotatable bonds is 6. The van der Waals surface area contributed by atoms with Gasteiger partial charge in [-0.2, -0.15) is 5.10 Å². The maximum absolute atomic E-state index is 14.0. The van der Waals surface area contributed by atoms with E-state index in [0.29, 0.717) is 5.82 Å². The van der Waals surface area contributed by atoms with Crippen LogP contribution in [0.3, 0.4) is 0 Å². The van der Waals surface area contributed by atoms with Gasteiger partial charge in [-0.3, -0.25) is 0 Å². The van der Waals surface area contributed by atoms with E-state index in [2.05, 4.69) is 15.4 Å². The molecule has 6 heteroatoms. The Morgan fingerprint density at radius 1 is 1.33 bits per heavy atom. The van der Waals surface area contributed by atoms with Crippen LogP contribution in [-0.2, 0) is 6.61 Å². The highest BCUT2D eigenvalue weighted by molar-refractivity contribution is 5.30. The number of hydrogen-bond acceptors (Lipinski definition) is 4. The number of ether oxygens (including phenoxy) is 1. The molecule has 1 aromatic heterocycles. The molecule has 0 amide bonds. The lowest BCUT2D eigenvalue weighted by atomic mass is 10.1. The molecule has 0 spiro atoms. The average Bonchev–Trinajstić information content (AvgIpc) is 2.93. The number of nitrogens with zero attached hydrogens (tertiary/aromatic N) is 3. The largest absolute Gasteiger partial charge is 0.483 e. The third-order valence-electron chi connectivity index (χ3n) is 3.38. The fraction of sp³-hybridized carbons (Fsp3) is 0.467. The van der Waals surface area contributed by atoms with Crippen molar-refractivity contribution in [3.8, 4) is 5.75 Å². The topological polar surface area (TPSA) is 52.0 Å². The Kier molecular flexibility index (Phi) is 4.90. The van der Waals surface area contributed by atoms with Gasteiger partial charge in [0.25, 0.3) is 0 Å². The second-order valence-corrected chi connectivity index (χ2v) is 5.20. The van der Waals surface area contributed by atoms with Crippen molar-refractivity contribution in [1.82, 2.24) is 20.1 Å². The maximum atomic E-state index is 14.0. The van der Waals surface area contributed by atoms with Gasteiger partial charge in [-0.05, 0) is 45.5 Å². The molecule has 5 nitrogen and oxygen atoms in total. The Balaban J connectivity index is 2.08. The van der Waals surface area contributed by atoms with Gasteiger partial charge in [-0.15, -0.1) is 0 Å². The van der Waals surface area contributed by atoms with Gasteiger partial charge in [0, 0.05) is 12.1 Å². The minimum Gasteiger partial charge on any atom is -0.483 e. The van der Waals surface area contributed by atoms with Crippen molar-refractivity contribution in [1.29, 1.82) is 0 Å². The molecule has 1 unspecified atom stereocenters. The van der Waals surface area contributed by atoms with E-state index in [9.17, 15) is 4.39 Å². The van der Waals surface area contributed by atoms with Crippen LogP contribution in [0.15, 0.2) is 24.5 Å². The number of aromatic nitrogens is 3. The smallest absolute Gasteiger partial charge is 0.165 e. The molecule has 0 fully saturated rings. The molecule has 0 radical (unpaired) electrons. The van der Waals surface area contributed by atoms with Gasteiger partial charge >= 0.3 is 0 Å². The standard InChI is InChI=1S/C15H21FN4O/c1-10(2)20-15(18-9-19-20)8-21-14-6-5-12(7-13(14)16)11(3)17-4/h5-7,9-11,17H,8H2,1-4H3. The van der Waals surface area contributed by atoms with Crippen molar-refractivity contribution < 1.29 is 9.13 Å². The van der Waals surface area contributed by atoms with Crippen molar-refractivity contribution in [2.45, 2.75) is 39.5 Å². The van der Waals surface area contributed by atoms with E-state index < -0.39 is 0 Å². The summed E-state index contributed by atoms with van der Waals surface area (Å²) in [4.78, 5) is 4.14. The van der Waals surface area contributed by atoms with Crippen molar-refractivity contribution >= 4 is 0 Å². The second-order valence-electron chi connectivity index (χ2n) is 5.20. The van der Waals surface area contributed by atoms with Gasteiger partial charge in [-0.25, -0.2) is 14.1 Å². The zero-order chi connectivity index (χ0) is 15.4. The summed E-state index contributed by atoms with van der Waals surface area (Å²) < 4.78 is 21.3. The second kappa shape index (κ2) is 6.67. The van der Waals surface area contributed by atoms with Crippen LogP contribution in [-0.4, -0.2) is 21.8 Å². The Hall–Kier alpha value is -1.95. The van der Waals surface area contributed by atoms with Crippen molar-refractivity contribution in [2.24, 2.45) is 0 Å². The highest BCUT2D eigenvalue weighted by Crippen LogP contribution is 2.22.